The van der Waals surface area contributed by atoms with Crippen LogP contribution >= 0.6 is 0 Å². The van der Waals surface area contributed by atoms with Crippen molar-refractivity contribution in [1.82, 2.24) is 0 Å². The minimum Gasteiger partial charge on any atom is -0.289 e. The molecule has 0 saturated carbocycles. The van der Waals surface area contributed by atoms with Crippen LogP contribution in [0.15, 0.2) is 27.3 Å². The van der Waals surface area contributed by atoms with E-state index < -0.39 is 0 Å². The second-order valence-electron chi connectivity index (χ2n) is 4.55. The number of hydrogen-bond donors (Lipinski definition) is 0. The topological polar surface area (TPSA) is 29.4 Å². The lowest BCUT2D eigenvalue weighted by Gasteiger charge is -2.27. The Labute approximate surface area is 128 Å². The van der Waals surface area contributed by atoms with Gasteiger partial charge in [0, 0.05) is 52.9 Å². The molecule has 1 heterocycles. The molecule has 2 aliphatic rings. The molecule has 15 heavy (non-hydrogen) atoms. The van der Waals surface area contributed by atoms with Gasteiger partial charge in [0.25, 0.3) is 0 Å². The Morgan fingerprint density at radius 3 is 2.53 bits per heavy atom. The predicted octanol–water partition coefficient (Wildman–Crippen LogP) is 9.00. The molecule has 1 unspecified atom stereocenters. The van der Waals surface area contributed by atoms with Gasteiger partial charge in [0.05, 0.1) is 5.71 Å². The first kappa shape index (κ1) is 10.3. The van der Waals surface area contributed by atoms with E-state index in [0.717, 1.165) is 35.3 Å². The molecule has 1 aliphatic heterocycles. The number of allylic oxidation sites excluding steroid dienone is 4. The first-order valence-corrected chi connectivity index (χ1v) is 5.53. The van der Waals surface area contributed by atoms with Gasteiger partial charge in [0.2, 0.25) is 0 Å². The maximum absolute atomic E-state index is 11.9. The third-order valence-electron chi connectivity index (χ3n) is 3.50. The largest absolute Gasteiger partial charge is 0.289 e. The van der Waals surface area contributed by atoms with Gasteiger partial charge in [0.1, 0.15) is 0 Å². The standard InChI is InChI=1S/C13H17NO.25H2/c1-7-5-6-11-10(4)13(15)9(3)8(2)12(11)14-7;;;;;;;;;;;;;;;;;;;;;;;;;/h7H,5-6H2,1-4H3;25*1H. The van der Waals surface area contributed by atoms with E-state index in [0.29, 0.717) is 6.04 Å². The summed E-state index contributed by atoms with van der Waals surface area (Å²) in [5, 5.41) is 0. The summed E-state index contributed by atoms with van der Waals surface area (Å²) in [6.07, 6.45) is 2.07. The molecule has 0 aromatic heterocycles. The van der Waals surface area contributed by atoms with Crippen molar-refractivity contribution in [2.45, 2.75) is 46.6 Å². The molecule has 0 saturated heterocycles. The Hall–Kier alpha value is -1.18. The van der Waals surface area contributed by atoms with E-state index >= 15 is 0 Å². The number of rotatable bonds is 0. The van der Waals surface area contributed by atoms with E-state index in [1.807, 2.05) is 20.8 Å². The molecule has 0 spiro atoms. The smallest absolute Gasteiger partial charge is 0.185 e. The van der Waals surface area contributed by atoms with Crippen molar-refractivity contribution in [1.29, 1.82) is 0 Å². The molecule has 0 aromatic rings. The van der Waals surface area contributed by atoms with Crippen LogP contribution in [0.3, 0.4) is 0 Å². The number of ketones is 1. The van der Waals surface area contributed by atoms with E-state index in [-0.39, 0.29) is 41.4 Å². The van der Waals surface area contributed by atoms with Crippen LogP contribution in [0.25, 0.3) is 0 Å². The first-order valence-electron chi connectivity index (χ1n) is 5.53. The lowest BCUT2D eigenvalue weighted by Crippen LogP contribution is -2.25. The van der Waals surface area contributed by atoms with Gasteiger partial charge < -0.3 is 0 Å². The minimum absolute atomic E-state index is 0. The molecular weight excluding hydrogens is 186 g/mol. The average molecular weight is 254 g/mol. The molecule has 0 fully saturated rings. The summed E-state index contributed by atoms with van der Waals surface area (Å²) in [5.74, 6) is 0.205. The van der Waals surface area contributed by atoms with Crippen LogP contribution in [0, 0.1) is 0 Å². The van der Waals surface area contributed by atoms with Crippen molar-refractivity contribution in [2.24, 2.45) is 4.99 Å². The summed E-state index contributed by atoms with van der Waals surface area (Å²) in [6, 6.07) is 0.396. The van der Waals surface area contributed by atoms with Gasteiger partial charge in [0.15, 0.2) is 5.78 Å². The van der Waals surface area contributed by atoms with Gasteiger partial charge in [-0.3, -0.25) is 9.79 Å². The highest BCUT2D eigenvalue weighted by Gasteiger charge is 2.28. The molecule has 0 aromatic carbocycles. The Morgan fingerprint density at radius 1 is 1.20 bits per heavy atom. The third kappa shape index (κ3) is 1.48. The zero-order valence-corrected chi connectivity index (χ0v) is 9.85. The predicted molar refractivity (Wildman–Crippen MR) is 115 cm³/mol. The van der Waals surface area contributed by atoms with E-state index in [9.17, 15) is 4.79 Å². The van der Waals surface area contributed by atoms with Crippen molar-refractivity contribution in [3.63, 3.8) is 0 Å². The van der Waals surface area contributed by atoms with Crippen molar-refractivity contribution in [3.8, 4) is 0 Å². The Bertz CT molecular complexity index is 462. The minimum atomic E-state index is 0. The highest BCUT2D eigenvalue weighted by atomic mass is 16.1. The van der Waals surface area contributed by atoms with Gasteiger partial charge >= 0.3 is 0 Å². The third-order valence-corrected chi connectivity index (χ3v) is 3.50. The highest BCUT2D eigenvalue weighted by molar-refractivity contribution is 6.26. The molecule has 0 bridgehead atoms. The SMILES string of the molecule is CC1=C(C)C2=NC(C)CCC2=C(C)C1=O.[HH].[HH].[HH].[HH].[HH].[HH].[HH].[HH].[HH].[HH].[HH].[HH].[HH].[HH].[HH].[HH].[HH].[HH].[HH].[HH].[HH].[HH].[HH].[HH].[HH]. The van der Waals surface area contributed by atoms with Crippen molar-refractivity contribution in [3.05, 3.63) is 22.3 Å². The van der Waals surface area contributed by atoms with Gasteiger partial charge in [-0.15, -0.1) is 0 Å². The number of aliphatic imine (C=N–C) groups is 1. The second kappa shape index (κ2) is 3.44. The summed E-state index contributed by atoms with van der Waals surface area (Å²) in [6.45, 7) is 7.98. The van der Waals surface area contributed by atoms with E-state index in [1.165, 1.54) is 5.57 Å². The Kier molecular flexibility index (Phi) is 2.37. The van der Waals surface area contributed by atoms with Gasteiger partial charge in [-0.1, -0.05) is 0 Å². The monoisotopic (exact) mass is 254 g/mol. The van der Waals surface area contributed by atoms with Crippen molar-refractivity contribution < 1.29 is 40.5 Å². The molecule has 0 amide bonds. The van der Waals surface area contributed by atoms with E-state index in [1.54, 1.807) is 0 Å². The summed E-state index contributed by atoms with van der Waals surface area (Å²) in [4.78, 5) is 16.6. The number of Topliss-reactive ketones (excluding diaryl/α,β-unsaturated/α-hetero) is 1. The van der Waals surface area contributed by atoms with Crippen LogP contribution in [-0.2, 0) is 4.79 Å². The molecule has 130 valence electrons. The fourth-order valence-corrected chi connectivity index (χ4v) is 2.29. The zero-order chi connectivity index (χ0) is 11.2. The van der Waals surface area contributed by atoms with Crippen LogP contribution in [0.5, 0.6) is 0 Å². The average Bonchev–Trinajstić information content (AvgIpc) is 2.23. The van der Waals surface area contributed by atoms with Crippen LogP contribution in [0.4, 0.5) is 0 Å². The van der Waals surface area contributed by atoms with Crippen LogP contribution in [0.1, 0.15) is 76.2 Å². The number of nitrogens with zero attached hydrogens (tertiary/aromatic N) is 1. The van der Waals surface area contributed by atoms with Crippen molar-refractivity contribution in [2.75, 3.05) is 0 Å². The lowest BCUT2D eigenvalue weighted by molar-refractivity contribution is -0.112. The first-order chi connectivity index (χ1) is 7.02. The molecule has 2 nitrogen and oxygen atoms in total. The van der Waals surface area contributed by atoms with Gasteiger partial charge in [-0.2, -0.15) is 0 Å². The van der Waals surface area contributed by atoms with Crippen LogP contribution in [-0.4, -0.2) is 17.5 Å². The quantitative estimate of drug-likeness (QED) is 0.396. The number of carbonyl (C=O) groups is 1. The Balaban J connectivity index is -0.00000000465. The number of carbonyl (C=O) groups excluding carboxylic acids is 1. The number of hydrogen-bond acceptors (Lipinski definition) is 2. The van der Waals surface area contributed by atoms with Gasteiger partial charge in [-0.25, -0.2) is 0 Å². The summed E-state index contributed by atoms with van der Waals surface area (Å²) in [5.41, 5.74) is 5.12. The fraction of sp³-hybridized carbons (Fsp3) is 0.538. The lowest BCUT2D eigenvalue weighted by atomic mass is 9.81. The normalized spacial score (nSPS) is 26.8. The molecular formula is C13H67NO. The molecule has 1 atom stereocenters. The number of fused-ring (bicyclic) bond motifs is 1. The van der Waals surface area contributed by atoms with Crippen molar-refractivity contribution >= 4 is 11.5 Å². The van der Waals surface area contributed by atoms with Crippen LogP contribution < -0.4 is 0 Å². The molecule has 2 rings (SSSR count). The molecule has 0 N–H and O–H groups in total. The molecule has 0 radical (unpaired) electrons. The highest BCUT2D eigenvalue weighted by Crippen LogP contribution is 2.31. The summed E-state index contributed by atoms with van der Waals surface area (Å²) in [7, 11) is 0. The van der Waals surface area contributed by atoms with E-state index in [2.05, 4.69) is 11.9 Å². The molecule has 1 aliphatic carbocycles. The van der Waals surface area contributed by atoms with Gasteiger partial charge in [-0.05, 0) is 51.7 Å². The fourth-order valence-electron chi connectivity index (χ4n) is 2.29. The Morgan fingerprint density at radius 2 is 1.87 bits per heavy atom. The molecule has 2 heteroatoms. The van der Waals surface area contributed by atoms with E-state index in [4.69, 9.17) is 0 Å². The summed E-state index contributed by atoms with van der Waals surface area (Å²) < 4.78 is 0. The maximum Gasteiger partial charge on any atom is 0.185 e. The summed E-state index contributed by atoms with van der Waals surface area (Å²) >= 11 is 0. The second-order valence-corrected chi connectivity index (χ2v) is 4.55. The van der Waals surface area contributed by atoms with Crippen LogP contribution in [0.2, 0.25) is 0 Å². The maximum atomic E-state index is 11.9. The zero-order valence-electron chi connectivity index (χ0n) is 9.85.